The number of carbonyl (C=O) groups is 1. The van der Waals surface area contributed by atoms with Gasteiger partial charge in [-0.15, -0.1) is 0 Å². The molecule has 3 rings (SSSR count). The number of rotatable bonds is 3. The molecule has 1 aliphatic carbocycles. The number of halogens is 1. The van der Waals surface area contributed by atoms with Gasteiger partial charge in [0.05, 0.1) is 6.54 Å². The Balaban J connectivity index is 1.54. The van der Waals surface area contributed by atoms with Crippen molar-refractivity contribution >= 4 is 27.5 Å². The van der Waals surface area contributed by atoms with E-state index in [1.165, 1.54) is 12.8 Å². The van der Waals surface area contributed by atoms with Crippen LogP contribution in [0.25, 0.3) is 0 Å². The Morgan fingerprint density at radius 3 is 3.00 bits per heavy atom. The molecule has 1 amide bonds. The van der Waals surface area contributed by atoms with Crippen molar-refractivity contribution < 1.29 is 4.79 Å². The van der Waals surface area contributed by atoms with Crippen molar-refractivity contribution in [1.29, 1.82) is 0 Å². The molecule has 1 aliphatic heterocycles. The summed E-state index contributed by atoms with van der Waals surface area (Å²) in [6, 6.07) is 8.01. The molecule has 5 heteroatoms. The fraction of sp³-hybridized carbons (Fsp3) is 0.562. The predicted molar refractivity (Wildman–Crippen MR) is 88.0 cm³/mol. The van der Waals surface area contributed by atoms with Crippen LogP contribution in [-0.2, 0) is 4.79 Å². The zero-order valence-electron chi connectivity index (χ0n) is 12.1. The van der Waals surface area contributed by atoms with E-state index in [0.29, 0.717) is 24.4 Å². The van der Waals surface area contributed by atoms with Crippen molar-refractivity contribution in [3.05, 3.63) is 28.7 Å². The van der Waals surface area contributed by atoms with Gasteiger partial charge < -0.3 is 11.1 Å². The van der Waals surface area contributed by atoms with E-state index in [4.69, 9.17) is 5.73 Å². The van der Waals surface area contributed by atoms with Crippen LogP contribution >= 0.6 is 15.9 Å². The number of nitrogens with two attached hydrogens (primary N) is 1. The normalized spacial score (nSPS) is 29.1. The molecule has 4 nitrogen and oxygen atoms in total. The fourth-order valence-electron chi connectivity index (χ4n) is 3.71. The third-order valence-electron chi connectivity index (χ3n) is 4.71. The SMILES string of the molecule is NC1CCCC2CN(CC(=O)Nc3cccc(Br)c3)CC12. The average molecular weight is 352 g/mol. The van der Waals surface area contributed by atoms with Crippen molar-refractivity contribution in [2.75, 3.05) is 25.0 Å². The van der Waals surface area contributed by atoms with E-state index in [1.54, 1.807) is 0 Å². The summed E-state index contributed by atoms with van der Waals surface area (Å²) in [5.41, 5.74) is 7.06. The molecule has 1 heterocycles. The maximum Gasteiger partial charge on any atom is 0.238 e. The van der Waals surface area contributed by atoms with Crippen molar-refractivity contribution in [1.82, 2.24) is 4.90 Å². The molecule has 0 spiro atoms. The van der Waals surface area contributed by atoms with Crippen LogP contribution in [-0.4, -0.2) is 36.5 Å². The highest BCUT2D eigenvalue weighted by atomic mass is 79.9. The Hall–Kier alpha value is -0.910. The molecule has 2 fully saturated rings. The quantitative estimate of drug-likeness (QED) is 0.879. The van der Waals surface area contributed by atoms with Gasteiger partial charge in [0, 0.05) is 29.3 Å². The van der Waals surface area contributed by atoms with Gasteiger partial charge in [-0.25, -0.2) is 0 Å². The molecule has 0 radical (unpaired) electrons. The highest BCUT2D eigenvalue weighted by Gasteiger charge is 2.38. The number of fused-ring (bicyclic) bond motifs is 1. The second-order valence-electron chi connectivity index (χ2n) is 6.27. The number of hydrogen-bond donors (Lipinski definition) is 2. The number of amides is 1. The van der Waals surface area contributed by atoms with E-state index in [9.17, 15) is 4.79 Å². The molecule has 3 N–H and O–H groups in total. The molecule has 0 aromatic heterocycles. The molecule has 0 bridgehead atoms. The van der Waals surface area contributed by atoms with Gasteiger partial charge in [0.2, 0.25) is 5.91 Å². The minimum absolute atomic E-state index is 0.0559. The fourth-order valence-corrected chi connectivity index (χ4v) is 4.11. The third kappa shape index (κ3) is 3.65. The first-order valence-electron chi connectivity index (χ1n) is 7.65. The largest absolute Gasteiger partial charge is 0.327 e. The van der Waals surface area contributed by atoms with Crippen molar-refractivity contribution in [2.45, 2.75) is 25.3 Å². The van der Waals surface area contributed by atoms with Crippen LogP contribution < -0.4 is 11.1 Å². The number of likely N-dealkylation sites (tertiary alicyclic amines) is 1. The van der Waals surface area contributed by atoms with Gasteiger partial charge in [-0.1, -0.05) is 28.4 Å². The second kappa shape index (κ2) is 6.46. The Morgan fingerprint density at radius 2 is 2.24 bits per heavy atom. The highest BCUT2D eigenvalue weighted by molar-refractivity contribution is 9.10. The zero-order valence-corrected chi connectivity index (χ0v) is 13.7. The van der Waals surface area contributed by atoms with Gasteiger partial charge in [-0.3, -0.25) is 9.69 Å². The van der Waals surface area contributed by atoms with Crippen LogP contribution in [0.1, 0.15) is 19.3 Å². The van der Waals surface area contributed by atoms with E-state index in [-0.39, 0.29) is 5.91 Å². The summed E-state index contributed by atoms with van der Waals surface area (Å²) in [6.45, 7) is 2.45. The number of nitrogens with one attached hydrogen (secondary N) is 1. The first-order chi connectivity index (χ1) is 10.1. The molecular formula is C16H22BrN3O. The molecule has 21 heavy (non-hydrogen) atoms. The summed E-state index contributed by atoms with van der Waals surface area (Å²) < 4.78 is 0.971. The number of nitrogens with zero attached hydrogens (tertiary/aromatic N) is 1. The molecule has 1 aromatic carbocycles. The van der Waals surface area contributed by atoms with Crippen molar-refractivity contribution in [3.8, 4) is 0 Å². The van der Waals surface area contributed by atoms with E-state index < -0.39 is 0 Å². The number of benzene rings is 1. The zero-order chi connectivity index (χ0) is 14.8. The van der Waals surface area contributed by atoms with Crippen LogP contribution in [0.4, 0.5) is 5.69 Å². The van der Waals surface area contributed by atoms with Crippen molar-refractivity contribution in [3.63, 3.8) is 0 Å². The summed E-state index contributed by atoms with van der Waals surface area (Å²) >= 11 is 3.41. The third-order valence-corrected chi connectivity index (χ3v) is 5.20. The topological polar surface area (TPSA) is 58.4 Å². The summed E-state index contributed by atoms with van der Waals surface area (Å²) in [4.78, 5) is 14.4. The van der Waals surface area contributed by atoms with Gasteiger partial charge in [-0.05, 0) is 42.9 Å². The van der Waals surface area contributed by atoms with E-state index in [1.807, 2.05) is 24.3 Å². The summed E-state index contributed by atoms with van der Waals surface area (Å²) in [6.07, 6.45) is 3.64. The maximum absolute atomic E-state index is 12.2. The minimum Gasteiger partial charge on any atom is -0.327 e. The number of anilines is 1. The lowest BCUT2D eigenvalue weighted by Gasteiger charge is -2.29. The van der Waals surface area contributed by atoms with Crippen LogP contribution in [0.3, 0.4) is 0 Å². The van der Waals surface area contributed by atoms with Gasteiger partial charge in [0.15, 0.2) is 0 Å². The molecule has 1 saturated heterocycles. The summed E-state index contributed by atoms with van der Waals surface area (Å²) in [5.74, 6) is 1.32. The van der Waals surface area contributed by atoms with E-state index >= 15 is 0 Å². The Bertz CT molecular complexity index is 522. The molecule has 1 saturated carbocycles. The summed E-state index contributed by atoms with van der Waals surface area (Å²) in [7, 11) is 0. The average Bonchev–Trinajstić information content (AvgIpc) is 2.82. The van der Waals surface area contributed by atoms with Crippen LogP contribution in [0, 0.1) is 11.8 Å². The Labute approximate surface area is 134 Å². The van der Waals surface area contributed by atoms with Gasteiger partial charge in [0.25, 0.3) is 0 Å². The lowest BCUT2D eigenvalue weighted by molar-refractivity contribution is -0.117. The highest BCUT2D eigenvalue weighted by Crippen LogP contribution is 2.35. The summed E-state index contributed by atoms with van der Waals surface area (Å²) in [5, 5.41) is 2.96. The van der Waals surface area contributed by atoms with Crippen LogP contribution in [0.15, 0.2) is 28.7 Å². The lowest BCUT2D eigenvalue weighted by atomic mass is 9.78. The first-order valence-corrected chi connectivity index (χ1v) is 8.44. The van der Waals surface area contributed by atoms with Gasteiger partial charge in [-0.2, -0.15) is 0 Å². The van der Waals surface area contributed by atoms with Crippen LogP contribution in [0.2, 0.25) is 0 Å². The molecule has 3 unspecified atom stereocenters. The lowest BCUT2D eigenvalue weighted by Crippen LogP contribution is -2.38. The first kappa shape index (κ1) is 15.0. The smallest absolute Gasteiger partial charge is 0.238 e. The van der Waals surface area contributed by atoms with E-state index in [0.717, 1.165) is 29.7 Å². The second-order valence-corrected chi connectivity index (χ2v) is 7.19. The van der Waals surface area contributed by atoms with Crippen molar-refractivity contribution in [2.24, 2.45) is 17.6 Å². The van der Waals surface area contributed by atoms with Crippen LogP contribution in [0.5, 0.6) is 0 Å². The minimum atomic E-state index is 0.0559. The van der Waals surface area contributed by atoms with Gasteiger partial charge in [0.1, 0.15) is 0 Å². The predicted octanol–water partition coefficient (Wildman–Crippen LogP) is 2.45. The molecule has 1 aromatic rings. The Kier molecular flexibility index (Phi) is 4.62. The molecule has 2 aliphatic rings. The molecule has 3 atom stereocenters. The Morgan fingerprint density at radius 1 is 1.38 bits per heavy atom. The molecular weight excluding hydrogens is 330 g/mol. The monoisotopic (exact) mass is 351 g/mol. The maximum atomic E-state index is 12.2. The standard InChI is InChI=1S/C16H22BrN3O/c17-12-4-2-5-13(7-12)19-16(21)10-20-8-11-3-1-6-15(18)14(11)9-20/h2,4-5,7,11,14-15H,1,3,6,8-10,18H2,(H,19,21). The number of hydrogen-bond acceptors (Lipinski definition) is 3. The van der Waals surface area contributed by atoms with E-state index in [2.05, 4.69) is 26.1 Å². The van der Waals surface area contributed by atoms with Gasteiger partial charge >= 0.3 is 0 Å². The molecule has 114 valence electrons. The number of carbonyl (C=O) groups excluding carboxylic acids is 1.